The lowest BCUT2D eigenvalue weighted by Gasteiger charge is -2.26. The summed E-state index contributed by atoms with van der Waals surface area (Å²) in [6.45, 7) is 1.87. The first-order chi connectivity index (χ1) is 7.23. The largest absolute Gasteiger partial charge is 0.490 e. The number of hydrogen-bond acceptors (Lipinski definition) is 2. The molecule has 96 valence electrons. The highest BCUT2D eigenvalue weighted by Gasteiger charge is 2.38. The fourth-order valence-corrected chi connectivity index (χ4v) is 0.914. The van der Waals surface area contributed by atoms with Crippen molar-refractivity contribution in [3.8, 4) is 0 Å². The quantitative estimate of drug-likeness (QED) is 0.751. The average molecular weight is 249 g/mol. The van der Waals surface area contributed by atoms with Crippen molar-refractivity contribution in [3.05, 3.63) is 0 Å². The summed E-state index contributed by atoms with van der Waals surface area (Å²) in [4.78, 5) is 8.90. The first-order valence-corrected chi connectivity index (χ1v) is 4.52. The summed E-state index contributed by atoms with van der Waals surface area (Å²) in [7, 11) is 0. The Morgan fingerprint density at radius 3 is 2.00 bits per heavy atom. The second-order valence-corrected chi connectivity index (χ2v) is 3.30. The summed E-state index contributed by atoms with van der Waals surface area (Å²) < 4.78 is 54.8. The average Bonchev–Trinajstić information content (AvgIpc) is 1.99. The van der Waals surface area contributed by atoms with Crippen LogP contribution in [0.15, 0.2) is 0 Å². The third-order valence-electron chi connectivity index (χ3n) is 1.90. The molecule has 0 bridgehead atoms. The van der Waals surface area contributed by atoms with Gasteiger partial charge in [0.25, 0.3) is 0 Å². The Morgan fingerprint density at radius 1 is 1.38 bits per heavy atom. The highest BCUT2D eigenvalue weighted by Crippen LogP contribution is 2.14. The van der Waals surface area contributed by atoms with Crippen LogP contribution in [0.3, 0.4) is 0 Å². The van der Waals surface area contributed by atoms with Gasteiger partial charge in [-0.3, -0.25) is 0 Å². The normalized spacial score (nSPS) is 16.4. The third-order valence-corrected chi connectivity index (χ3v) is 1.90. The zero-order valence-corrected chi connectivity index (χ0v) is 8.23. The molecular weight excluding hydrogens is 237 g/mol. The van der Waals surface area contributed by atoms with Crippen LogP contribution in [-0.2, 0) is 4.79 Å². The molecule has 0 radical (unpaired) electrons. The lowest BCUT2D eigenvalue weighted by molar-refractivity contribution is -0.192. The van der Waals surface area contributed by atoms with E-state index in [1.54, 1.807) is 0 Å². The van der Waals surface area contributed by atoms with Crippen LogP contribution in [0.5, 0.6) is 0 Å². The molecule has 16 heavy (non-hydrogen) atoms. The molecular formula is C8H12F5NO2. The summed E-state index contributed by atoms with van der Waals surface area (Å²) in [5.74, 6) is -2.23. The molecule has 1 rings (SSSR count). The van der Waals surface area contributed by atoms with E-state index >= 15 is 0 Å². The first-order valence-electron chi connectivity index (χ1n) is 4.52. The molecule has 0 aromatic rings. The number of carbonyl (C=O) groups is 1. The summed E-state index contributed by atoms with van der Waals surface area (Å²) >= 11 is 0. The van der Waals surface area contributed by atoms with Crippen molar-refractivity contribution < 1.29 is 31.9 Å². The molecule has 2 N–H and O–H groups in total. The molecule has 1 aliphatic rings. The second-order valence-electron chi connectivity index (χ2n) is 3.30. The molecule has 3 nitrogen and oxygen atoms in total. The number of nitrogens with one attached hydrogen (secondary N) is 1. The van der Waals surface area contributed by atoms with Crippen molar-refractivity contribution >= 4 is 5.97 Å². The standard InChI is InChI=1S/C6H11F2N.C2HF3O2/c7-6(8)2-1-5-3-9-4-5;3-2(4,5)1(6)7/h5-6,9H,1-4H2;(H,6,7). The van der Waals surface area contributed by atoms with E-state index < -0.39 is 18.6 Å². The number of rotatable bonds is 3. The lowest BCUT2D eigenvalue weighted by atomic mass is 9.98. The van der Waals surface area contributed by atoms with Gasteiger partial charge in [-0.15, -0.1) is 0 Å². The topological polar surface area (TPSA) is 49.3 Å². The van der Waals surface area contributed by atoms with Crippen molar-refractivity contribution in [2.45, 2.75) is 25.4 Å². The summed E-state index contributed by atoms with van der Waals surface area (Å²) in [6.07, 6.45) is -6.43. The smallest absolute Gasteiger partial charge is 0.475 e. The SMILES string of the molecule is FC(F)CCC1CNC1.O=C(O)C(F)(F)F. The number of alkyl halides is 5. The highest BCUT2D eigenvalue weighted by molar-refractivity contribution is 5.73. The number of carboxylic acid groups (broad SMARTS) is 1. The van der Waals surface area contributed by atoms with E-state index in [1.807, 2.05) is 0 Å². The Morgan fingerprint density at radius 2 is 1.81 bits per heavy atom. The second kappa shape index (κ2) is 6.62. The Kier molecular flexibility index (Phi) is 6.24. The fourth-order valence-electron chi connectivity index (χ4n) is 0.914. The number of aliphatic carboxylic acids is 1. The van der Waals surface area contributed by atoms with Gasteiger partial charge in [-0.05, 0) is 25.4 Å². The Labute approximate surface area is 88.6 Å². The predicted octanol–water partition coefficient (Wildman–Crippen LogP) is 1.88. The maximum absolute atomic E-state index is 11.5. The van der Waals surface area contributed by atoms with Gasteiger partial charge in [-0.1, -0.05) is 0 Å². The van der Waals surface area contributed by atoms with Crippen molar-refractivity contribution in [1.29, 1.82) is 0 Å². The first kappa shape index (κ1) is 15.1. The molecule has 0 aliphatic carbocycles. The Bertz CT molecular complexity index is 215. The minimum atomic E-state index is -5.08. The summed E-state index contributed by atoms with van der Waals surface area (Å²) in [6, 6.07) is 0. The predicted molar refractivity (Wildman–Crippen MR) is 45.3 cm³/mol. The van der Waals surface area contributed by atoms with Crippen LogP contribution >= 0.6 is 0 Å². The van der Waals surface area contributed by atoms with Crippen LogP contribution in [0.2, 0.25) is 0 Å². The van der Waals surface area contributed by atoms with Crippen molar-refractivity contribution in [2.75, 3.05) is 13.1 Å². The van der Waals surface area contributed by atoms with E-state index in [0.29, 0.717) is 12.3 Å². The molecule has 0 aromatic carbocycles. The molecule has 0 unspecified atom stereocenters. The van der Waals surface area contributed by atoms with Crippen molar-refractivity contribution in [3.63, 3.8) is 0 Å². The van der Waals surface area contributed by atoms with E-state index in [9.17, 15) is 22.0 Å². The lowest BCUT2D eigenvalue weighted by Crippen LogP contribution is -2.41. The van der Waals surface area contributed by atoms with Crippen LogP contribution in [0, 0.1) is 5.92 Å². The monoisotopic (exact) mass is 249 g/mol. The van der Waals surface area contributed by atoms with Crippen molar-refractivity contribution in [2.24, 2.45) is 5.92 Å². The molecule has 8 heteroatoms. The zero-order valence-electron chi connectivity index (χ0n) is 8.23. The van der Waals surface area contributed by atoms with Gasteiger partial charge in [0.05, 0.1) is 0 Å². The molecule has 0 saturated carbocycles. The number of hydrogen-bond donors (Lipinski definition) is 2. The van der Waals surface area contributed by atoms with E-state index in [1.165, 1.54) is 0 Å². The van der Waals surface area contributed by atoms with E-state index in [-0.39, 0.29) is 6.42 Å². The molecule has 1 heterocycles. The molecule has 1 saturated heterocycles. The summed E-state index contributed by atoms with van der Waals surface area (Å²) in [5.41, 5.74) is 0. The van der Waals surface area contributed by atoms with Gasteiger partial charge < -0.3 is 10.4 Å². The maximum atomic E-state index is 11.5. The Balaban J connectivity index is 0.000000293. The van der Waals surface area contributed by atoms with Crippen LogP contribution < -0.4 is 5.32 Å². The van der Waals surface area contributed by atoms with E-state index in [2.05, 4.69) is 5.32 Å². The van der Waals surface area contributed by atoms with Gasteiger partial charge in [0.2, 0.25) is 6.43 Å². The van der Waals surface area contributed by atoms with Crippen LogP contribution in [0.4, 0.5) is 22.0 Å². The van der Waals surface area contributed by atoms with Gasteiger partial charge in [0.1, 0.15) is 0 Å². The fraction of sp³-hybridized carbons (Fsp3) is 0.875. The van der Waals surface area contributed by atoms with Crippen LogP contribution in [0.1, 0.15) is 12.8 Å². The van der Waals surface area contributed by atoms with Gasteiger partial charge in [-0.25, -0.2) is 13.6 Å². The van der Waals surface area contributed by atoms with Gasteiger partial charge in [0, 0.05) is 6.42 Å². The van der Waals surface area contributed by atoms with Crippen LogP contribution in [-0.4, -0.2) is 36.8 Å². The third kappa shape index (κ3) is 7.38. The molecule has 1 aliphatic heterocycles. The van der Waals surface area contributed by atoms with Crippen LogP contribution in [0.25, 0.3) is 0 Å². The van der Waals surface area contributed by atoms with E-state index in [0.717, 1.165) is 13.1 Å². The zero-order chi connectivity index (χ0) is 12.8. The van der Waals surface area contributed by atoms with Gasteiger partial charge in [0.15, 0.2) is 0 Å². The number of halogens is 5. The maximum Gasteiger partial charge on any atom is 0.490 e. The highest BCUT2D eigenvalue weighted by atomic mass is 19.4. The molecule has 1 fully saturated rings. The number of carboxylic acids is 1. The molecule has 0 atom stereocenters. The minimum Gasteiger partial charge on any atom is -0.475 e. The minimum absolute atomic E-state index is 0.0757. The Hall–Kier alpha value is -0.920. The summed E-state index contributed by atoms with van der Waals surface area (Å²) in [5, 5.41) is 10.2. The van der Waals surface area contributed by atoms with Gasteiger partial charge in [-0.2, -0.15) is 13.2 Å². The molecule has 0 spiro atoms. The van der Waals surface area contributed by atoms with Gasteiger partial charge >= 0.3 is 12.1 Å². The van der Waals surface area contributed by atoms with E-state index in [4.69, 9.17) is 9.90 Å². The molecule has 0 aromatic heterocycles. The van der Waals surface area contributed by atoms with Crippen molar-refractivity contribution in [1.82, 2.24) is 5.32 Å². The molecule has 0 amide bonds.